The molecule has 2 aromatic rings. The molecule has 3 N–H and O–H groups in total. The van der Waals surface area contributed by atoms with E-state index in [0.29, 0.717) is 0 Å². The predicted molar refractivity (Wildman–Crippen MR) is 89.4 cm³/mol. The number of sulfonamides is 1. The number of hydrogen-bond acceptors (Lipinski definition) is 3. The van der Waals surface area contributed by atoms with Crippen LogP contribution in [0.3, 0.4) is 0 Å². The quantitative estimate of drug-likeness (QED) is 0.843. The largest absolute Gasteiger partial charge is 0.368 e. The molecule has 6 heteroatoms. The first kappa shape index (κ1) is 17.2. The van der Waals surface area contributed by atoms with Gasteiger partial charge >= 0.3 is 0 Å². The Bertz CT molecular complexity index is 802. The maximum absolute atomic E-state index is 12.5. The van der Waals surface area contributed by atoms with Gasteiger partial charge in [-0.05, 0) is 49.1 Å². The third kappa shape index (κ3) is 4.40. The number of primary amides is 1. The van der Waals surface area contributed by atoms with Crippen LogP contribution in [0.5, 0.6) is 0 Å². The van der Waals surface area contributed by atoms with Crippen molar-refractivity contribution in [3.63, 3.8) is 0 Å². The molecule has 1 atom stereocenters. The number of hydrogen-bond donors (Lipinski definition) is 2. The zero-order chi connectivity index (χ0) is 17.0. The van der Waals surface area contributed by atoms with Crippen molar-refractivity contribution in [3.05, 3.63) is 65.2 Å². The number of carbonyl (C=O) groups excluding carboxylic acids is 1. The van der Waals surface area contributed by atoms with Gasteiger partial charge in [-0.2, -0.15) is 4.72 Å². The van der Waals surface area contributed by atoms with Gasteiger partial charge < -0.3 is 5.73 Å². The van der Waals surface area contributed by atoms with E-state index in [1.165, 1.54) is 6.07 Å². The van der Waals surface area contributed by atoms with Gasteiger partial charge in [0.05, 0.1) is 4.90 Å². The summed E-state index contributed by atoms with van der Waals surface area (Å²) >= 11 is 0. The Labute approximate surface area is 136 Å². The van der Waals surface area contributed by atoms with Crippen LogP contribution in [-0.4, -0.2) is 20.4 Å². The molecule has 0 aliphatic rings. The van der Waals surface area contributed by atoms with E-state index in [1.54, 1.807) is 12.1 Å². The molecule has 0 heterocycles. The lowest BCUT2D eigenvalue weighted by Crippen LogP contribution is -2.45. The molecule has 0 aromatic heterocycles. The number of aryl methyl sites for hydroxylation is 2. The minimum Gasteiger partial charge on any atom is -0.368 e. The van der Waals surface area contributed by atoms with E-state index in [1.807, 2.05) is 44.2 Å². The van der Waals surface area contributed by atoms with Crippen LogP contribution < -0.4 is 10.5 Å². The average molecular weight is 332 g/mol. The zero-order valence-electron chi connectivity index (χ0n) is 13.1. The topological polar surface area (TPSA) is 89.3 Å². The lowest BCUT2D eigenvalue weighted by atomic mass is 10.1. The summed E-state index contributed by atoms with van der Waals surface area (Å²) in [5.41, 5.74) is 8.06. The van der Waals surface area contributed by atoms with Crippen LogP contribution in [0, 0.1) is 13.8 Å². The Hall–Kier alpha value is -2.18. The number of nitrogens with two attached hydrogens (primary N) is 1. The first-order chi connectivity index (χ1) is 10.8. The molecule has 0 spiro atoms. The minimum absolute atomic E-state index is 0.125. The van der Waals surface area contributed by atoms with E-state index in [9.17, 15) is 13.2 Å². The SMILES string of the molecule is Cc1ccc(S(=O)(=O)NC(Cc2ccccc2)C(N)=O)cc1C. The predicted octanol–water partition coefficient (Wildman–Crippen LogP) is 1.68. The van der Waals surface area contributed by atoms with Crippen molar-refractivity contribution in [1.29, 1.82) is 0 Å². The Morgan fingerprint density at radius 3 is 2.30 bits per heavy atom. The van der Waals surface area contributed by atoms with Crippen molar-refractivity contribution in [2.24, 2.45) is 5.73 Å². The molecule has 0 saturated carbocycles. The summed E-state index contributed by atoms with van der Waals surface area (Å²) in [6.45, 7) is 3.74. The molecule has 1 amide bonds. The van der Waals surface area contributed by atoms with Gasteiger partial charge in [0.2, 0.25) is 15.9 Å². The molecule has 122 valence electrons. The standard InChI is InChI=1S/C17H20N2O3S/c1-12-8-9-15(10-13(12)2)23(21,22)19-16(17(18)20)11-14-6-4-3-5-7-14/h3-10,16,19H,11H2,1-2H3,(H2,18,20). The second-order valence-corrected chi connectivity index (χ2v) is 7.23. The van der Waals surface area contributed by atoms with E-state index in [0.717, 1.165) is 16.7 Å². The maximum atomic E-state index is 12.5. The van der Waals surface area contributed by atoms with Crippen LogP contribution in [0.4, 0.5) is 0 Å². The van der Waals surface area contributed by atoms with Crippen LogP contribution in [0.15, 0.2) is 53.4 Å². The van der Waals surface area contributed by atoms with Gasteiger partial charge in [-0.3, -0.25) is 4.79 Å². The smallest absolute Gasteiger partial charge is 0.241 e. The lowest BCUT2D eigenvalue weighted by Gasteiger charge is -2.16. The van der Waals surface area contributed by atoms with Crippen LogP contribution in [-0.2, 0) is 21.2 Å². The van der Waals surface area contributed by atoms with Crippen molar-refractivity contribution < 1.29 is 13.2 Å². The molecule has 2 aromatic carbocycles. The molecule has 0 saturated heterocycles. The number of carbonyl (C=O) groups is 1. The van der Waals surface area contributed by atoms with Gasteiger partial charge in [-0.15, -0.1) is 0 Å². The zero-order valence-corrected chi connectivity index (χ0v) is 13.9. The molecule has 0 radical (unpaired) electrons. The van der Waals surface area contributed by atoms with Gasteiger partial charge in [0.25, 0.3) is 0 Å². The highest BCUT2D eigenvalue weighted by atomic mass is 32.2. The van der Waals surface area contributed by atoms with Gasteiger partial charge in [0.1, 0.15) is 6.04 Å². The van der Waals surface area contributed by atoms with Gasteiger partial charge in [-0.1, -0.05) is 36.4 Å². The molecule has 0 bridgehead atoms. The average Bonchev–Trinajstić information content (AvgIpc) is 2.50. The summed E-state index contributed by atoms with van der Waals surface area (Å²) in [5, 5.41) is 0. The Balaban J connectivity index is 2.24. The lowest BCUT2D eigenvalue weighted by molar-refractivity contribution is -0.119. The monoisotopic (exact) mass is 332 g/mol. The third-order valence-corrected chi connectivity index (χ3v) is 5.18. The van der Waals surface area contributed by atoms with E-state index in [4.69, 9.17) is 5.73 Å². The van der Waals surface area contributed by atoms with E-state index < -0.39 is 22.0 Å². The van der Waals surface area contributed by atoms with Crippen LogP contribution in [0.2, 0.25) is 0 Å². The fraction of sp³-hybridized carbons (Fsp3) is 0.235. The van der Waals surface area contributed by atoms with Crippen molar-refractivity contribution in [2.45, 2.75) is 31.2 Å². The molecule has 0 aliphatic heterocycles. The highest BCUT2D eigenvalue weighted by Gasteiger charge is 2.24. The summed E-state index contributed by atoms with van der Waals surface area (Å²) in [6, 6.07) is 13.0. The number of nitrogens with one attached hydrogen (secondary N) is 1. The Morgan fingerprint density at radius 2 is 1.74 bits per heavy atom. The molecule has 5 nitrogen and oxygen atoms in total. The van der Waals surface area contributed by atoms with Crippen LogP contribution in [0.1, 0.15) is 16.7 Å². The van der Waals surface area contributed by atoms with Crippen molar-refractivity contribution in [3.8, 4) is 0 Å². The van der Waals surface area contributed by atoms with Crippen molar-refractivity contribution >= 4 is 15.9 Å². The minimum atomic E-state index is -3.81. The van der Waals surface area contributed by atoms with Crippen LogP contribution >= 0.6 is 0 Å². The number of amides is 1. The van der Waals surface area contributed by atoms with Crippen LogP contribution in [0.25, 0.3) is 0 Å². The number of benzene rings is 2. The highest BCUT2D eigenvalue weighted by molar-refractivity contribution is 7.89. The fourth-order valence-corrected chi connectivity index (χ4v) is 3.48. The summed E-state index contributed by atoms with van der Waals surface area (Å²) in [6.07, 6.45) is 0.209. The van der Waals surface area contributed by atoms with Gasteiger partial charge in [-0.25, -0.2) is 8.42 Å². The Morgan fingerprint density at radius 1 is 1.09 bits per heavy atom. The summed E-state index contributed by atoms with van der Waals surface area (Å²) in [4.78, 5) is 11.8. The third-order valence-electron chi connectivity index (χ3n) is 3.71. The van der Waals surface area contributed by atoms with E-state index >= 15 is 0 Å². The van der Waals surface area contributed by atoms with E-state index in [-0.39, 0.29) is 11.3 Å². The first-order valence-electron chi connectivity index (χ1n) is 7.22. The Kier molecular flexibility index (Phi) is 5.18. The van der Waals surface area contributed by atoms with Gasteiger partial charge in [0, 0.05) is 0 Å². The van der Waals surface area contributed by atoms with Crippen molar-refractivity contribution in [2.75, 3.05) is 0 Å². The number of rotatable bonds is 6. The summed E-state index contributed by atoms with van der Waals surface area (Å²) in [5.74, 6) is -0.707. The molecular formula is C17H20N2O3S. The van der Waals surface area contributed by atoms with E-state index in [2.05, 4.69) is 4.72 Å². The summed E-state index contributed by atoms with van der Waals surface area (Å²) in [7, 11) is -3.81. The molecule has 1 unspecified atom stereocenters. The normalized spacial score (nSPS) is 12.8. The molecule has 2 rings (SSSR count). The fourth-order valence-electron chi connectivity index (χ4n) is 2.19. The highest BCUT2D eigenvalue weighted by Crippen LogP contribution is 2.15. The second-order valence-electron chi connectivity index (χ2n) is 5.51. The van der Waals surface area contributed by atoms with Crippen molar-refractivity contribution in [1.82, 2.24) is 4.72 Å². The molecular weight excluding hydrogens is 312 g/mol. The second kappa shape index (κ2) is 6.93. The molecule has 23 heavy (non-hydrogen) atoms. The first-order valence-corrected chi connectivity index (χ1v) is 8.71. The molecule has 0 aliphatic carbocycles. The molecule has 0 fully saturated rings. The summed E-state index contributed by atoms with van der Waals surface area (Å²) < 4.78 is 27.4. The maximum Gasteiger partial charge on any atom is 0.241 e. The van der Waals surface area contributed by atoms with Gasteiger partial charge in [0.15, 0.2) is 0 Å².